The minimum Gasteiger partial charge on any atom is -0.390 e. The molecule has 0 aliphatic carbocycles. The second-order valence-electron chi connectivity index (χ2n) is 10.7. The van der Waals surface area contributed by atoms with Gasteiger partial charge in [0.2, 0.25) is 0 Å². The minimum atomic E-state index is -0.919. The maximum Gasteiger partial charge on any atom is 0.258 e. The average Bonchev–Trinajstić information content (AvgIpc) is 3.15. The molecular weight excluding hydrogens is 476 g/mol. The molecule has 0 bridgehead atoms. The lowest BCUT2D eigenvalue weighted by molar-refractivity contribution is -0.145. The standard InChI is InChI=1S/C26H34N6O3S/c1-17-6-7-19-20(21(27)36-22(19)28-17)23(33)29-14-8-18(9-15-29)30-11-5-10-26(16-30)24(34)31-12-3-2-4-13-32(31)25(26)35/h6-7,18H,2-5,8-16,27H2,1H3. The van der Waals surface area contributed by atoms with Crippen LogP contribution in [0, 0.1) is 12.3 Å². The van der Waals surface area contributed by atoms with Crippen LogP contribution in [0.4, 0.5) is 5.00 Å². The highest BCUT2D eigenvalue weighted by atomic mass is 32.1. The molecule has 0 atom stereocenters. The molecule has 4 aliphatic rings. The Morgan fingerprint density at radius 2 is 1.69 bits per heavy atom. The van der Waals surface area contributed by atoms with Crippen LogP contribution < -0.4 is 5.73 Å². The first-order valence-electron chi connectivity index (χ1n) is 13.2. The van der Waals surface area contributed by atoms with Crippen molar-refractivity contribution in [2.75, 3.05) is 45.0 Å². The van der Waals surface area contributed by atoms with E-state index in [0.717, 1.165) is 61.0 Å². The minimum absolute atomic E-state index is 0.00960. The topological polar surface area (TPSA) is 103 Å². The molecule has 2 aromatic rings. The van der Waals surface area contributed by atoms with E-state index >= 15 is 0 Å². The molecule has 4 fully saturated rings. The number of aryl methyl sites for hydroxylation is 1. The van der Waals surface area contributed by atoms with Crippen LogP contribution in [0.5, 0.6) is 0 Å². The fourth-order valence-corrected chi connectivity index (χ4v) is 7.58. The van der Waals surface area contributed by atoms with Crippen molar-refractivity contribution in [3.05, 3.63) is 23.4 Å². The van der Waals surface area contributed by atoms with E-state index in [1.807, 2.05) is 24.0 Å². The molecule has 0 unspecified atom stereocenters. The van der Waals surface area contributed by atoms with Gasteiger partial charge in [-0.05, 0) is 70.5 Å². The van der Waals surface area contributed by atoms with Gasteiger partial charge in [-0.25, -0.2) is 4.98 Å². The van der Waals surface area contributed by atoms with Gasteiger partial charge in [-0.15, -0.1) is 0 Å². The van der Waals surface area contributed by atoms with E-state index < -0.39 is 5.41 Å². The van der Waals surface area contributed by atoms with E-state index in [4.69, 9.17) is 5.73 Å². The number of likely N-dealkylation sites (tertiary alicyclic amines) is 2. The first kappa shape index (κ1) is 23.7. The third-order valence-corrected chi connectivity index (χ3v) is 9.47. The predicted octanol–water partition coefficient (Wildman–Crippen LogP) is 2.64. The number of nitrogens with two attached hydrogens (primary N) is 1. The predicted molar refractivity (Wildman–Crippen MR) is 138 cm³/mol. The fourth-order valence-electron chi connectivity index (χ4n) is 6.60. The van der Waals surface area contributed by atoms with Gasteiger partial charge in [-0.3, -0.25) is 29.3 Å². The third-order valence-electron chi connectivity index (χ3n) is 8.54. The normalized spacial score (nSPS) is 23.5. The molecule has 0 aromatic carbocycles. The van der Waals surface area contributed by atoms with Gasteiger partial charge in [0.25, 0.3) is 17.7 Å². The summed E-state index contributed by atoms with van der Waals surface area (Å²) in [5.41, 5.74) is 6.82. The van der Waals surface area contributed by atoms with Crippen LogP contribution >= 0.6 is 11.3 Å². The lowest BCUT2D eigenvalue weighted by Crippen LogP contribution is -2.56. The summed E-state index contributed by atoms with van der Waals surface area (Å²) >= 11 is 1.37. The number of pyridine rings is 1. The van der Waals surface area contributed by atoms with Gasteiger partial charge in [0, 0.05) is 49.8 Å². The quantitative estimate of drug-likeness (QED) is 0.623. The number of aromatic nitrogens is 1. The highest BCUT2D eigenvalue weighted by Crippen LogP contribution is 2.42. The number of hydrogen-bond acceptors (Lipinski definition) is 7. The number of nitrogens with zero attached hydrogens (tertiary/aromatic N) is 5. The number of hydrogen-bond donors (Lipinski definition) is 1. The van der Waals surface area contributed by atoms with Crippen LogP contribution in [0.3, 0.4) is 0 Å². The van der Waals surface area contributed by atoms with Crippen molar-refractivity contribution < 1.29 is 14.4 Å². The zero-order valence-corrected chi connectivity index (χ0v) is 21.7. The first-order valence-corrected chi connectivity index (χ1v) is 14.0. The van der Waals surface area contributed by atoms with Crippen LogP contribution in [-0.4, -0.2) is 87.8 Å². The second-order valence-corrected chi connectivity index (χ2v) is 11.8. The monoisotopic (exact) mass is 510 g/mol. The van der Waals surface area contributed by atoms with Gasteiger partial charge in [-0.2, -0.15) is 0 Å². The second kappa shape index (κ2) is 8.99. The average molecular weight is 511 g/mol. The molecule has 2 aromatic heterocycles. The molecule has 9 nitrogen and oxygen atoms in total. The van der Waals surface area contributed by atoms with Crippen molar-refractivity contribution in [1.82, 2.24) is 24.8 Å². The van der Waals surface area contributed by atoms with Crippen molar-refractivity contribution in [1.29, 1.82) is 0 Å². The van der Waals surface area contributed by atoms with Crippen molar-refractivity contribution in [2.45, 2.75) is 57.9 Å². The van der Waals surface area contributed by atoms with E-state index in [-0.39, 0.29) is 23.8 Å². The first-order chi connectivity index (χ1) is 17.4. The molecular formula is C26H34N6O3S. The molecule has 0 saturated carbocycles. The molecule has 2 N–H and O–H groups in total. The van der Waals surface area contributed by atoms with Gasteiger partial charge >= 0.3 is 0 Å². The summed E-state index contributed by atoms with van der Waals surface area (Å²) in [6.07, 6.45) is 6.13. The van der Waals surface area contributed by atoms with Gasteiger partial charge in [0.15, 0.2) is 0 Å². The number of amides is 3. The lowest BCUT2D eigenvalue weighted by atomic mass is 9.78. The smallest absolute Gasteiger partial charge is 0.258 e. The number of anilines is 1. The summed E-state index contributed by atoms with van der Waals surface area (Å²) in [5.74, 6) is -0.00871. The number of fused-ring (bicyclic) bond motifs is 2. The maximum absolute atomic E-state index is 13.5. The van der Waals surface area contributed by atoms with Crippen LogP contribution in [0.2, 0.25) is 0 Å². The Kier molecular flexibility index (Phi) is 5.91. The Morgan fingerprint density at radius 1 is 1.00 bits per heavy atom. The highest BCUT2D eigenvalue weighted by molar-refractivity contribution is 7.22. The summed E-state index contributed by atoms with van der Waals surface area (Å²) in [5, 5.41) is 4.83. The Morgan fingerprint density at radius 3 is 2.39 bits per heavy atom. The van der Waals surface area contributed by atoms with E-state index in [2.05, 4.69) is 9.88 Å². The van der Waals surface area contributed by atoms with E-state index in [0.29, 0.717) is 49.7 Å². The van der Waals surface area contributed by atoms with Crippen molar-refractivity contribution >= 4 is 44.3 Å². The molecule has 10 heteroatoms. The fraction of sp³-hybridized carbons (Fsp3) is 0.615. The van der Waals surface area contributed by atoms with Crippen LogP contribution in [0.1, 0.15) is 61.0 Å². The molecule has 192 valence electrons. The molecule has 1 spiro atoms. The molecule has 4 saturated heterocycles. The summed E-state index contributed by atoms with van der Waals surface area (Å²) in [6.45, 7) is 5.93. The Labute approximate surface area is 215 Å². The summed E-state index contributed by atoms with van der Waals surface area (Å²) in [7, 11) is 0. The number of nitrogen functional groups attached to an aromatic ring is 1. The Bertz CT molecular complexity index is 1200. The van der Waals surface area contributed by atoms with E-state index in [1.54, 1.807) is 10.0 Å². The molecule has 3 amide bonds. The van der Waals surface area contributed by atoms with Gasteiger partial charge < -0.3 is 10.6 Å². The summed E-state index contributed by atoms with van der Waals surface area (Å²) < 4.78 is 0. The number of piperidine rings is 2. The van der Waals surface area contributed by atoms with Crippen LogP contribution in [0.15, 0.2) is 12.1 Å². The third kappa shape index (κ3) is 3.68. The van der Waals surface area contributed by atoms with E-state index in [1.165, 1.54) is 11.3 Å². The summed E-state index contributed by atoms with van der Waals surface area (Å²) in [6, 6.07) is 4.13. The molecule has 6 heterocycles. The molecule has 36 heavy (non-hydrogen) atoms. The van der Waals surface area contributed by atoms with Gasteiger partial charge in [0.05, 0.1) is 5.56 Å². The molecule has 0 radical (unpaired) electrons. The maximum atomic E-state index is 13.5. The van der Waals surface area contributed by atoms with Crippen molar-refractivity contribution in [3.63, 3.8) is 0 Å². The highest BCUT2D eigenvalue weighted by Gasteiger charge is 2.60. The largest absolute Gasteiger partial charge is 0.390 e. The number of hydrazine groups is 1. The number of carbonyl (C=O) groups is 3. The molecule has 6 rings (SSSR count). The van der Waals surface area contributed by atoms with Crippen LogP contribution in [-0.2, 0) is 9.59 Å². The zero-order chi connectivity index (χ0) is 25.0. The SMILES string of the molecule is Cc1ccc2c(C(=O)N3CCC(N4CCCC5(C4)C(=O)N4CCCCCN4C5=O)CC3)c(N)sc2n1. The Hall–Kier alpha value is -2.72. The lowest BCUT2D eigenvalue weighted by Gasteiger charge is -2.44. The number of rotatable bonds is 2. The summed E-state index contributed by atoms with van der Waals surface area (Å²) in [4.78, 5) is 50.0. The molecule has 4 aliphatic heterocycles. The number of thiophene rings is 1. The van der Waals surface area contributed by atoms with Crippen molar-refractivity contribution in [3.8, 4) is 0 Å². The van der Waals surface area contributed by atoms with Gasteiger partial charge in [-0.1, -0.05) is 11.3 Å². The zero-order valence-electron chi connectivity index (χ0n) is 20.9. The van der Waals surface area contributed by atoms with E-state index in [9.17, 15) is 14.4 Å². The Balaban J connectivity index is 1.14. The van der Waals surface area contributed by atoms with Gasteiger partial charge in [0.1, 0.15) is 15.2 Å². The van der Waals surface area contributed by atoms with Crippen molar-refractivity contribution in [2.24, 2.45) is 5.41 Å². The van der Waals surface area contributed by atoms with Crippen LogP contribution in [0.25, 0.3) is 10.2 Å². The number of carbonyl (C=O) groups excluding carboxylic acids is 3.